The SMILES string of the molecule is C1=C(c2ccccc2)C=C(N(c2cccc(-c3ccccc3)c2)c2cccc(-c3cccc(-c4cccc5c4c4ccccc4n5-c4ccccc4)c3)c2)CC1. The van der Waals surface area contributed by atoms with Gasteiger partial charge in [-0.3, -0.25) is 0 Å². The minimum atomic E-state index is 0.951. The van der Waals surface area contributed by atoms with Crippen LogP contribution in [0.5, 0.6) is 0 Å². The first-order chi connectivity index (χ1) is 27.8. The maximum atomic E-state index is 2.47. The van der Waals surface area contributed by atoms with Crippen molar-refractivity contribution in [2.24, 2.45) is 0 Å². The van der Waals surface area contributed by atoms with Crippen LogP contribution in [0.3, 0.4) is 0 Å². The predicted molar refractivity (Wildman–Crippen MR) is 237 cm³/mol. The summed E-state index contributed by atoms with van der Waals surface area (Å²) in [6.07, 6.45) is 6.69. The molecule has 1 aliphatic carbocycles. The molecule has 1 heterocycles. The lowest BCUT2D eigenvalue weighted by Gasteiger charge is -2.31. The summed E-state index contributed by atoms with van der Waals surface area (Å²) < 4.78 is 2.39. The highest BCUT2D eigenvalue weighted by molar-refractivity contribution is 6.15. The Labute approximate surface area is 328 Å². The van der Waals surface area contributed by atoms with E-state index in [1.807, 2.05) is 0 Å². The van der Waals surface area contributed by atoms with Crippen LogP contribution in [-0.4, -0.2) is 4.57 Å². The standard InChI is InChI=1S/C54H40N2/c1-4-17-39(18-5-1)42-22-13-28-47(36-42)55(48-29-14-23-43(37-48)40-19-6-2-7-20-40)49-30-15-24-44(38-49)41-21-12-25-45(35-41)50-32-16-34-53-54(50)51-31-10-11-33-52(51)56(53)46-26-8-3-9-27-46/h1-13,15-28,30-38H,14,29H2. The van der Waals surface area contributed by atoms with Crippen molar-refractivity contribution in [2.45, 2.75) is 12.8 Å². The first kappa shape index (κ1) is 33.4. The van der Waals surface area contributed by atoms with Crippen molar-refractivity contribution in [3.05, 3.63) is 230 Å². The van der Waals surface area contributed by atoms with Crippen molar-refractivity contribution >= 4 is 38.8 Å². The first-order valence-corrected chi connectivity index (χ1v) is 19.5. The fraction of sp³-hybridized carbons (Fsp3) is 0.0370. The number of aromatic nitrogens is 1. The molecule has 0 saturated carbocycles. The van der Waals surface area contributed by atoms with Crippen molar-refractivity contribution < 1.29 is 0 Å². The van der Waals surface area contributed by atoms with Gasteiger partial charge in [-0.2, -0.15) is 0 Å². The molecule has 9 aromatic rings. The zero-order valence-electron chi connectivity index (χ0n) is 31.1. The Hall–Kier alpha value is -7.16. The Bertz CT molecular complexity index is 2900. The molecule has 266 valence electrons. The monoisotopic (exact) mass is 716 g/mol. The third-order valence-corrected chi connectivity index (χ3v) is 11.0. The Morgan fingerprint density at radius 3 is 1.68 bits per heavy atom. The fourth-order valence-electron chi connectivity index (χ4n) is 8.44. The van der Waals surface area contributed by atoms with Gasteiger partial charge in [0.05, 0.1) is 11.0 Å². The summed E-state index contributed by atoms with van der Waals surface area (Å²) in [6.45, 7) is 0. The van der Waals surface area contributed by atoms with Gasteiger partial charge < -0.3 is 9.47 Å². The van der Waals surface area contributed by atoms with Gasteiger partial charge >= 0.3 is 0 Å². The average Bonchev–Trinajstić information content (AvgIpc) is 3.62. The molecule has 1 aliphatic rings. The lowest BCUT2D eigenvalue weighted by atomic mass is 9.95. The van der Waals surface area contributed by atoms with Crippen molar-refractivity contribution in [1.82, 2.24) is 4.57 Å². The molecule has 10 rings (SSSR count). The third-order valence-electron chi connectivity index (χ3n) is 11.0. The summed E-state index contributed by atoms with van der Waals surface area (Å²) >= 11 is 0. The Morgan fingerprint density at radius 1 is 0.411 bits per heavy atom. The van der Waals surface area contributed by atoms with Crippen LogP contribution in [0, 0.1) is 0 Å². The molecule has 2 nitrogen and oxygen atoms in total. The molecular formula is C54H40N2. The van der Waals surface area contributed by atoms with Gasteiger partial charge in [0.15, 0.2) is 0 Å². The number of anilines is 2. The number of para-hydroxylation sites is 2. The quantitative estimate of drug-likeness (QED) is 0.152. The third kappa shape index (κ3) is 6.22. The maximum Gasteiger partial charge on any atom is 0.0547 e. The second-order valence-electron chi connectivity index (χ2n) is 14.5. The van der Waals surface area contributed by atoms with E-state index >= 15 is 0 Å². The summed E-state index contributed by atoms with van der Waals surface area (Å²) in [7, 11) is 0. The van der Waals surface area contributed by atoms with Crippen molar-refractivity contribution in [2.75, 3.05) is 4.90 Å². The van der Waals surface area contributed by atoms with E-state index in [0.717, 1.165) is 24.2 Å². The van der Waals surface area contributed by atoms with Crippen LogP contribution in [0.25, 0.3) is 66.4 Å². The number of allylic oxidation sites excluding steroid dienone is 4. The lowest BCUT2D eigenvalue weighted by Crippen LogP contribution is -2.18. The number of hydrogen-bond donors (Lipinski definition) is 0. The van der Waals surface area contributed by atoms with Crippen LogP contribution >= 0.6 is 0 Å². The van der Waals surface area contributed by atoms with Crippen molar-refractivity contribution in [1.29, 1.82) is 0 Å². The Kier molecular flexibility index (Phi) is 8.70. The predicted octanol–water partition coefficient (Wildman–Crippen LogP) is 14.7. The van der Waals surface area contributed by atoms with E-state index in [0.29, 0.717) is 0 Å². The largest absolute Gasteiger partial charge is 0.314 e. The number of nitrogens with zero attached hydrogens (tertiary/aromatic N) is 2. The molecule has 0 aliphatic heterocycles. The van der Waals surface area contributed by atoms with Gasteiger partial charge in [-0.1, -0.05) is 158 Å². The molecule has 0 spiro atoms. The average molecular weight is 717 g/mol. The van der Waals surface area contributed by atoms with Crippen LogP contribution in [0.1, 0.15) is 18.4 Å². The van der Waals surface area contributed by atoms with Crippen LogP contribution < -0.4 is 4.90 Å². The first-order valence-electron chi connectivity index (χ1n) is 19.5. The number of hydrogen-bond acceptors (Lipinski definition) is 1. The molecule has 0 unspecified atom stereocenters. The molecule has 0 atom stereocenters. The van der Waals surface area contributed by atoms with Gasteiger partial charge in [0.2, 0.25) is 0 Å². The summed E-state index contributed by atoms with van der Waals surface area (Å²) in [4.78, 5) is 2.47. The lowest BCUT2D eigenvalue weighted by molar-refractivity contribution is 0.921. The van der Waals surface area contributed by atoms with E-state index in [1.54, 1.807) is 0 Å². The molecule has 56 heavy (non-hydrogen) atoms. The molecule has 0 bridgehead atoms. The number of benzene rings is 8. The molecule has 0 N–H and O–H groups in total. The molecule has 0 saturated heterocycles. The van der Waals surface area contributed by atoms with E-state index in [9.17, 15) is 0 Å². The molecule has 0 fully saturated rings. The van der Waals surface area contributed by atoms with E-state index in [-0.39, 0.29) is 0 Å². The molecule has 1 aromatic heterocycles. The number of fused-ring (bicyclic) bond motifs is 3. The van der Waals surface area contributed by atoms with Gasteiger partial charge in [0.1, 0.15) is 0 Å². The molecule has 8 aromatic carbocycles. The Balaban J connectivity index is 1.09. The molecule has 2 heteroatoms. The van der Waals surface area contributed by atoms with Gasteiger partial charge in [0, 0.05) is 33.5 Å². The maximum absolute atomic E-state index is 2.47. The van der Waals surface area contributed by atoms with Crippen molar-refractivity contribution in [3.8, 4) is 39.1 Å². The summed E-state index contributed by atoms with van der Waals surface area (Å²) in [6, 6.07) is 74.7. The molecule has 0 amide bonds. The van der Waals surface area contributed by atoms with Crippen LogP contribution in [0.15, 0.2) is 224 Å². The van der Waals surface area contributed by atoms with E-state index in [1.165, 1.54) is 77.7 Å². The molecule has 0 radical (unpaired) electrons. The fourth-order valence-corrected chi connectivity index (χ4v) is 8.44. The van der Waals surface area contributed by atoms with Gasteiger partial charge in [0.25, 0.3) is 0 Å². The van der Waals surface area contributed by atoms with Gasteiger partial charge in [-0.05, 0) is 118 Å². The van der Waals surface area contributed by atoms with Crippen molar-refractivity contribution in [3.63, 3.8) is 0 Å². The van der Waals surface area contributed by atoms with E-state index in [2.05, 4.69) is 228 Å². The van der Waals surface area contributed by atoms with Crippen LogP contribution in [0.2, 0.25) is 0 Å². The normalized spacial score (nSPS) is 12.7. The van der Waals surface area contributed by atoms with E-state index in [4.69, 9.17) is 0 Å². The van der Waals surface area contributed by atoms with Crippen LogP contribution in [-0.2, 0) is 0 Å². The highest BCUT2D eigenvalue weighted by Gasteiger charge is 2.20. The second kappa shape index (κ2) is 14.6. The smallest absolute Gasteiger partial charge is 0.0547 e. The molecular weight excluding hydrogens is 677 g/mol. The zero-order chi connectivity index (χ0) is 37.3. The second-order valence-corrected chi connectivity index (χ2v) is 14.5. The topological polar surface area (TPSA) is 8.17 Å². The summed E-state index contributed by atoms with van der Waals surface area (Å²) in [5.74, 6) is 0. The highest BCUT2D eigenvalue weighted by Crippen LogP contribution is 2.42. The van der Waals surface area contributed by atoms with Gasteiger partial charge in [-0.25, -0.2) is 0 Å². The highest BCUT2D eigenvalue weighted by atomic mass is 15.1. The van der Waals surface area contributed by atoms with E-state index < -0.39 is 0 Å². The summed E-state index contributed by atoms with van der Waals surface area (Å²) in [5, 5.41) is 2.53. The number of rotatable bonds is 8. The minimum Gasteiger partial charge on any atom is -0.314 e. The van der Waals surface area contributed by atoms with Crippen LogP contribution in [0.4, 0.5) is 11.4 Å². The summed E-state index contributed by atoms with van der Waals surface area (Å²) in [5.41, 5.74) is 16.9. The minimum absolute atomic E-state index is 0.951. The Morgan fingerprint density at radius 2 is 0.946 bits per heavy atom. The van der Waals surface area contributed by atoms with Gasteiger partial charge in [-0.15, -0.1) is 0 Å². The zero-order valence-corrected chi connectivity index (χ0v) is 31.1.